The molecule has 2 N–H and O–H groups in total. The first-order valence-electron chi connectivity index (χ1n) is 5.52. The van der Waals surface area contributed by atoms with Gasteiger partial charge in [0.25, 0.3) is 0 Å². The highest BCUT2D eigenvalue weighted by Crippen LogP contribution is 2.18. The predicted molar refractivity (Wildman–Crippen MR) is 70.5 cm³/mol. The third-order valence-electron chi connectivity index (χ3n) is 2.47. The second-order valence-corrected chi connectivity index (χ2v) is 6.81. The molecule has 1 aromatic rings. The van der Waals surface area contributed by atoms with Crippen LogP contribution < -0.4 is 10.0 Å². The van der Waals surface area contributed by atoms with Crippen molar-refractivity contribution >= 4 is 31.9 Å². The Morgan fingerprint density at radius 2 is 2.11 bits per heavy atom. The highest BCUT2D eigenvalue weighted by atomic mass is 79.9. The summed E-state index contributed by atoms with van der Waals surface area (Å²) < 4.78 is 26.7. The van der Waals surface area contributed by atoms with Crippen molar-refractivity contribution < 1.29 is 13.2 Å². The fourth-order valence-electron chi connectivity index (χ4n) is 1.38. The molecule has 98 valence electrons. The van der Waals surface area contributed by atoms with Gasteiger partial charge >= 0.3 is 0 Å². The third kappa shape index (κ3) is 3.79. The summed E-state index contributed by atoms with van der Waals surface area (Å²) in [6.45, 7) is -0.231. The maximum atomic E-state index is 11.9. The van der Waals surface area contributed by atoms with Crippen molar-refractivity contribution in [2.75, 3.05) is 6.54 Å². The van der Waals surface area contributed by atoms with Crippen LogP contribution in [0.2, 0.25) is 0 Å². The van der Waals surface area contributed by atoms with Crippen molar-refractivity contribution in [1.29, 1.82) is 0 Å². The number of hydrogen-bond acceptors (Lipinski definition) is 3. The molecular formula is C11H13BrN2O3S. The Kier molecular flexibility index (Phi) is 4.04. The van der Waals surface area contributed by atoms with Gasteiger partial charge in [-0.05, 0) is 31.0 Å². The van der Waals surface area contributed by atoms with Gasteiger partial charge in [-0.3, -0.25) is 4.79 Å². The van der Waals surface area contributed by atoms with Crippen LogP contribution in [0.5, 0.6) is 0 Å². The van der Waals surface area contributed by atoms with Crippen molar-refractivity contribution in [3.8, 4) is 0 Å². The number of amides is 1. The molecule has 1 aromatic carbocycles. The van der Waals surface area contributed by atoms with Crippen LogP contribution in [0.15, 0.2) is 33.6 Å². The van der Waals surface area contributed by atoms with E-state index in [9.17, 15) is 13.2 Å². The number of hydrogen-bond donors (Lipinski definition) is 2. The second kappa shape index (κ2) is 5.38. The van der Waals surface area contributed by atoms with Crippen LogP contribution in [0, 0.1) is 0 Å². The fourth-order valence-corrected chi connectivity index (χ4v) is 2.96. The molecule has 5 nitrogen and oxygen atoms in total. The number of rotatable bonds is 5. The van der Waals surface area contributed by atoms with E-state index in [-0.39, 0.29) is 23.4 Å². The van der Waals surface area contributed by atoms with Crippen LogP contribution >= 0.6 is 15.9 Å². The van der Waals surface area contributed by atoms with E-state index in [1.54, 1.807) is 12.1 Å². The highest BCUT2D eigenvalue weighted by Gasteiger charge is 2.24. The summed E-state index contributed by atoms with van der Waals surface area (Å²) in [4.78, 5) is 11.5. The fraction of sp³-hybridized carbons (Fsp3) is 0.364. The number of benzene rings is 1. The molecule has 0 radical (unpaired) electrons. The molecule has 0 atom stereocenters. The van der Waals surface area contributed by atoms with Gasteiger partial charge in [0, 0.05) is 10.5 Å². The molecule has 0 bridgehead atoms. The summed E-state index contributed by atoms with van der Waals surface area (Å²) in [6.07, 6.45) is 1.95. The first kappa shape index (κ1) is 13.5. The summed E-state index contributed by atoms with van der Waals surface area (Å²) in [7, 11) is -3.63. The number of sulfonamides is 1. The first-order valence-corrected chi connectivity index (χ1v) is 7.79. The van der Waals surface area contributed by atoms with Crippen molar-refractivity contribution in [2.24, 2.45) is 0 Å². The van der Waals surface area contributed by atoms with Gasteiger partial charge in [0.1, 0.15) is 0 Å². The predicted octanol–water partition coefficient (Wildman–Crippen LogP) is 1.01. The summed E-state index contributed by atoms with van der Waals surface area (Å²) in [6, 6.07) is 6.56. The molecule has 2 rings (SSSR count). The van der Waals surface area contributed by atoms with Gasteiger partial charge in [-0.15, -0.1) is 0 Å². The zero-order valence-electron chi connectivity index (χ0n) is 9.52. The molecule has 18 heavy (non-hydrogen) atoms. The molecule has 1 amide bonds. The number of halogens is 1. The van der Waals surface area contributed by atoms with E-state index < -0.39 is 10.0 Å². The lowest BCUT2D eigenvalue weighted by molar-refractivity contribution is -0.120. The van der Waals surface area contributed by atoms with Gasteiger partial charge in [0.15, 0.2) is 0 Å². The van der Waals surface area contributed by atoms with Crippen LogP contribution in [0.25, 0.3) is 0 Å². The Hall–Kier alpha value is -0.920. The Morgan fingerprint density at radius 3 is 2.72 bits per heavy atom. The van der Waals surface area contributed by atoms with E-state index in [1.807, 2.05) is 0 Å². The van der Waals surface area contributed by atoms with E-state index in [1.165, 1.54) is 12.1 Å². The molecule has 0 saturated heterocycles. The highest BCUT2D eigenvalue weighted by molar-refractivity contribution is 9.10. The molecule has 1 fully saturated rings. The third-order valence-corrected chi connectivity index (χ3v) is 4.36. The minimum atomic E-state index is -3.63. The van der Waals surface area contributed by atoms with Gasteiger partial charge in [-0.2, -0.15) is 0 Å². The smallest absolute Gasteiger partial charge is 0.241 e. The lowest BCUT2D eigenvalue weighted by Crippen LogP contribution is -2.37. The van der Waals surface area contributed by atoms with E-state index >= 15 is 0 Å². The SMILES string of the molecule is O=C(CNS(=O)(=O)c1cccc(Br)c1)NC1CC1. The molecule has 1 saturated carbocycles. The van der Waals surface area contributed by atoms with Gasteiger partial charge in [0.05, 0.1) is 11.4 Å². The van der Waals surface area contributed by atoms with Gasteiger partial charge in [-0.25, -0.2) is 13.1 Å². The quantitative estimate of drug-likeness (QED) is 0.844. The zero-order chi connectivity index (χ0) is 13.2. The van der Waals surface area contributed by atoms with Crippen LogP contribution in [-0.4, -0.2) is 26.9 Å². The Labute approximate surface area is 114 Å². The Morgan fingerprint density at radius 1 is 1.39 bits per heavy atom. The summed E-state index contributed by atoms with van der Waals surface area (Å²) >= 11 is 3.20. The molecule has 0 unspecified atom stereocenters. The minimum absolute atomic E-state index is 0.135. The number of carbonyl (C=O) groups excluding carboxylic acids is 1. The summed E-state index contributed by atoms with van der Waals surface area (Å²) in [5.41, 5.74) is 0. The summed E-state index contributed by atoms with van der Waals surface area (Å²) in [5, 5.41) is 2.71. The molecule has 0 heterocycles. The standard InChI is InChI=1S/C11H13BrN2O3S/c12-8-2-1-3-10(6-8)18(16,17)13-7-11(15)14-9-4-5-9/h1-3,6,9,13H,4-5,7H2,(H,14,15). The van der Waals surface area contributed by atoms with E-state index in [0.717, 1.165) is 12.8 Å². The second-order valence-electron chi connectivity index (χ2n) is 4.12. The minimum Gasteiger partial charge on any atom is -0.352 e. The molecule has 1 aliphatic rings. The van der Waals surface area contributed by atoms with E-state index in [4.69, 9.17) is 0 Å². The van der Waals surface area contributed by atoms with E-state index in [2.05, 4.69) is 26.0 Å². The maximum Gasteiger partial charge on any atom is 0.241 e. The molecule has 1 aliphatic carbocycles. The lowest BCUT2D eigenvalue weighted by Gasteiger charge is -2.07. The average Bonchev–Trinajstić information content (AvgIpc) is 3.10. The molecule has 0 aromatic heterocycles. The lowest BCUT2D eigenvalue weighted by atomic mass is 10.4. The molecule has 0 aliphatic heterocycles. The molecule has 0 spiro atoms. The Bertz CT molecular complexity index is 555. The number of carbonyl (C=O) groups is 1. The average molecular weight is 333 g/mol. The number of nitrogens with one attached hydrogen (secondary N) is 2. The molecule has 7 heteroatoms. The van der Waals surface area contributed by atoms with Gasteiger partial charge in [0.2, 0.25) is 15.9 Å². The zero-order valence-corrected chi connectivity index (χ0v) is 11.9. The van der Waals surface area contributed by atoms with Gasteiger partial charge < -0.3 is 5.32 Å². The summed E-state index contributed by atoms with van der Waals surface area (Å²) in [5.74, 6) is -0.295. The van der Waals surface area contributed by atoms with Crippen molar-refractivity contribution in [2.45, 2.75) is 23.8 Å². The normalized spacial score (nSPS) is 15.4. The van der Waals surface area contributed by atoms with Gasteiger partial charge in [-0.1, -0.05) is 22.0 Å². The Balaban J connectivity index is 1.96. The van der Waals surface area contributed by atoms with Crippen LogP contribution in [0.3, 0.4) is 0 Å². The van der Waals surface area contributed by atoms with Crippen molar-refractivity contribution in [1.82, 2.24) is 10.0 Å². The van der Waals surface area contributed by atoms with Crippen LogP contribution in [0.4, 0.5) is 0 Å². The molecular weight excluding hydrogens is 320 g/mol. The largest absolute Gasteiger partial charge is 0.352 e. The maximum absolute atomic E-state index is 11.9. The topological polar surface area (TPSA) is 75.3 Å². The monoisotopic (exact) mass is 332 g/mol. The van der Waals surface area contributed by atoms with E-state index in [0.29, 0.717) is 4.47 Å². The van der Waals surface area contributed by atoms with Crippen molar-refractivity contribution in [3.05, 3.63) is 28.7 Å². The first-order chi connectivity index (χ1) is 8.47. The van der Waals surface area contributed by atoms with Crippen LogP contribution in [-0.2, 0) is 14.8 Å². The van der Waals surface area contributed by atoms with Crippen LogP contribution in [0.1, 0.15) is 12.8 Å². The van der Waals surface area contributed by atoms with Crippen molar-refractivity contribution in [3.63, 3.8) is 0 Å².